The highest BCUT2D eigenvalue weighted by Gasteiger charge is 2.15. The maximum atomic E-state index is 4.68. The molecular formula is C13H19BrN2. The quantitative estimate of drug-likeness (QED) is 0.857. The van der Waals surface area contributed by atoms with Crippen LogP contribution in [0.15, 0.2) is 12.1 Å². The van der Waals surface area contributed by atoms with Crippen molar-refractivity contribution >= 4 is 21.7 Å². The summed E-state index contributed by atoms with van der Waals surface area (Å²) in [5.41, 5.74) is 2.73. The summed E-state index contributed by atoms with van der Waals surface area (Å²) in [6.07, 6.45) is 3.61. The van der Waals surface area contributed by atoms with Crippen LogP contribution < -0.4 is 5.32 Å². The second-order valence-electron chi connectivity index (χ2n) is 4.72. The SMILES string of the molecule is CC(CBr)C(C)Nc1ccc2c(n1)CCC2. The maximum Gasteiger partial charge on any atom is 0.126 e. The van der Waals surface area contributed by atoms with Gasteiger partial charge in [0.2, 0.25) is 0 Å². The lowest BCUT2D eigenvalue weighted by molar-refractivity contribution is 0.570. The smallest absolute Gasteiger partial charge is 0.126 e. The fourth-order valence-electron chi connectivity index (χ4n) is 2.01. The normalized spacial score (nSPS) is 17.9. The number of alkyl halides is 1. The van der Waals surface area contributed by atoms with Crippen molar-refractivity contribution in [2.45, 2.75) is 39.2 Å². The van der Waals surface area contributed by atoms with Crippen LogP contribution in [0.5, 0.6) is 0 Å². The zero-order valence-electron chi connectivity index (χ0n) is 9.96. The fourth-order valence-corrected chi connectivity index (χ4v) is 2.57. The summed E-state index contributed by atoms with van der Waals surface area (Å²) in [6.45, 7) is 4.45. The number of pyridine rings is 1. The molecular weight excluding hydrogens is 264 g/mol. The Morgan fingerprint density at radius 2 is 2.19 bits per heavy atom. The first-order valence-electron chi connectivity index (χ1n) is 6.02. The maximum absolute atomic E-state index is 4.68. The Morgan fingerprint density at radius 1 is 1.38 bits per heavy atom. The van der Waals surface area contributed by atoms with E-state index in [-0.39, 0.29) is 0 Å². The van der Waals surface area contributed by atoms with Gasteiger partial charge in [-0.25, -0.2) is 4.98 Å². The van der Waals surface area contributed by atoms with E-state index in [1.807, 2.05) is 0 Å². The van der Waals surface area contributed by atoms with Gasteiger partial charge in [-0.1, -0.05) is 28.9 Å². The molecule has 1 aromatic rings. The Morgan fingerprint density at radius 3 is 2.94 bits per heavy atom. The molecule has 16 heavy (non-hydrogen) atoms. The molecule has 1 heterocycles. The average Bonchev–Trinajstić information content (AvgIpc) is 2.75. The van der Waals surface area contributed by atoms with Crippen molar-refractivity contribution in [2.24, 2.45) is 5.92 Å². The summed E-state index contributed by atoms with van der Waals surface area (Å²) in [7, 11) is 0. The number of halogens is 1. The molecule has 1 aliphatic carbocycles. The van der Waals surface area contributed by atoms with Crippen LogP contribution in [0.4, 0.5) is 5.82 Å². The fraction of sp³-hybridized carbons (Fsp3) is 0.615. The summed E-state index contributed by atoms with van der Waals surface area (Å²) >= 11 is 3.52. The standard InChI is InChI=1S/C13H19BrN2/c1-9(8-14)10(2)15-13-7-6-11-4-3-5-12(11)16-13/h6-7,9-10H,3-5,8H2,1-2H3,(H,15,16). The van der Waals surface area contributed by atoms with Crippen LogP contribution in [0.3, 0.4) is 0 Å². The van der Waals surface area contributed by atoms with E-state index in [1.165, 1.54) is 24.1 Å². The third-order valence-electron chi connectivity index (χ3n) is 3.40. The molecule has 2 nitrogen and oxygen atoms in total. The minimum atomic E-state index is 0.450. The Labute approximate surface area is 106 Å². The Kier molecular flexibility index (Phi) is 3.85. The summed E-state index contributed by atoms with van der Waals surface area (Å²) in [6, 6.07) is 4.79. The Hall–Kier alpha value is -0.570. The first kappa shape index (κ1) is 11.9. The third kappa shape index (κ3) is 2.57. The van der Waals surface area contributed by atoms with E-state index in [4.69, 9.17) is 0 Å². The topological polar surface area (TPSA) is 24.9 Å². The van der Waals surface area contributed by atoms with Crippen molar-refractivity contribution in [3.63, 3.8) is 0 Å². The molecule has 0 aromatic carbocycles. The van der Waals surface area contributed by atoms with Crippen LogP contribution >= 0.6 is 15.9 Å². The number of anilines is 1. The highest BCUT2D eigenvalue weighted by atomic mass is 79.9. The molecule has 0 fully saturated rings. The van der Waals surface area contributed by atoms with E-state index in [2.05, 4.69) is 52.2 Å². The monoisotopic (exact) mass is 282 g/mol. The van der Waals surface area contributed by atoms with Gasteiger partial charge in [0.15, 0.2) is 0 Å². The number of hydrogen-bond donors (Lipinski definition) is 1. The number of fused-ring (bicyclic) bond motifs is 1. The number of aromatic nitrogens is 1. The summed E-state index contributed by atoms with van der Waals surface area (Å²) in [4.78, 5) is 4.68. The van der Waals surface area contributed by atoms with Gasteiger partial charge >= 0.3 is 0 Å². The zero-order valence-corrected chi connectivity index (χ0v) is 11.5. The van der Waals surface area contributed by atoms with Gasteiger partial charge in [0.25, 0.3) is 0 Å². The highest BCUT2D eigenvalue weighted by molar-refractivity contribution is 9.09. The molecule has 2 atom stereocenters. The molecule has 1 N–H and O–H groups in total. The van der Waals surface area contributed by atoms with Crippen LogP contribution in [0.2, 0.25) is 0 Å². The molecule has 3 heteroatoms. The molecule has 0 aliphatic heterocycles. The van der Waals surface area contributed by atoms with Crippen molar-refractivity contribution in [3.8, 4) is 0 Å². The molecule has 1 aliphatic rings. The summed E-state index contributed by atoms with van der Waals surface area (Å²) in [5.74, 6) is 1.64. The number of nitrogens with zero attached hydrogens (tertiary/aromatic N) is 1. The van der Waals surface area contributed by atoms with Crippen LogP contribution in [0.25, 0.3) is 0 Å². The van der Waals surface area contributed by atoms with Crippen molar-refractivity contribution in [2.75, 3.05) is 10.6 Å². The van der Waals surface area contributed by atoms with Crippen molar-refractivity contribution in [1.82, 2.24) is 4.98 Å². The second kappa shape index (κ2) is 5.17. The molecule has 0 saturated heterocycles. The van der Waals surface area contributed by atoms with Crippen molar-refractivity contribution < 1.29 is 0 Å². The number of nitrogens with one attached hydrogen (secondary N) is 1. The summed E-state index contributed by atoms with van der Waals surface area (Å²) in [5, 5.41) is 4.50. The van der Waals surface area contributed by atoms with E-state index in [9.17, 15) is 0 Å². The van der Waals surface area contributed by atoms with Crippen LogP contribution in [-0.2, 0) is 12.8 Å². The van der Waals surface area contributed by atoms with Gasteiger partial charge in [-0.2, -0.15) is 0 Å². The van der Waals surface area contributed by atoms with Crippen molar-refractivity contribution in [1.29, 1.82) is 0 Å². The van der Waals surface area contributed by atoms with E-state index < -0.39 is 0 Å². The van der Waals surface area contributed by atoms with Gasteiger partial charge in [-0.05, 0) is 43.7 Å². The van der Waals surface area contributed by atoms with Gasteiger partial charge < -0.3 is 5.32 Å². The van der Waals surface area contributed by atoms with Gasteiger partial charge in [0.05, 0.1) is 0 Å². The average molecular weight is 283 g/mol. The first-order chi connectivity index (χ1) is 7.70. The minimum absolute atomic E-state index is 0.450. The van der Waals surface area contributed by atoms with Gasteiger partial charge in [0.1, 0.15) is 5.82 Å². The van der Waals surface area contributed by atoms with Gasteiger partial charge in [-0.3, -0.25) is 0 Å². The highest BCUT2D eigenvalue weighted by Crippen LogP contribution is 2.22. The van der Waals surface area contributed by atoms with Crippen LogP contribution in [0.1, 0.15) is 31.5 Å². The van der Waals surface area contributed by atoms with Crippen LogP contribution in [-0.4, -0.2) is 16.4 Å². The number of hydrogen-bond acceptors (Lipinski definition) is 2. The van der Waals surface area contributed by atoms with Crippen LogP contribution in [0, 0.1) is 5.92 Å². The molecule has 1 aromatic heterocycles. The van der Waals surface area contributed by atoms with E-state index >= 15 is 0 Å². The lowest BCUT2D eigenvalue weighted by atomic mass is 10.1. The predicted octanol–water partition coefficient (Wildman–Crippen LogP) is 3.40. The molecule has 2 rings (SSSR count). The molecule has 2 unspecified atom stereocenters. The number of aryl methyl sites for hydroxylation is 2. The lowest BCUT2D eigenvalue weighted by Gasteiger charge is -2.20. The second-order valence-corrected chi connectivity index (χ2v) is 5.37. The summed E-state index contributed by atoms with van der Waals surface area (Å²) < 4.78 is 0. The molecule has 0 amide bonds. The molecule has 0 bridgehead atoms. The van der Waals surface area contributed by atoms with Crippen molar-refractivity contribution in [3.05, 3.63) is 23.4 Å². The predicted molar refractivity (Wildman–Crippen MR) is 72.3 cm³/mol. The largest absolute Gasteiger partial charge is 0.367 e. The number of rotatable bonds is 4. The Bertz CT molecular complexity index is 365. The third-order valence-corrected chi connectivity index (χ3v) is 4.42. The van der Waals surface area contributed by atoms with Gasteiger partial charge in [-0.15, -0.1) is 0 Å². The van der Waals surface area contributed by atoms with Gasteiger partial charge in [0, 0.05) is 17.1 Å². The van der Waals surface area contributed by atoms with E-state index in [0.29, 0.717) is 12.0 Å². The van der Waals surface area contributed by atoms with E-state index in [1.54, 1.807) is 0 Å². The minimum Gasteiger partial charge on any atom is -0.367 e. The zero-order chi connectivity index (χ0) is 11.5. The molecule has 0 spiro atoms. The molecule has 0 saturated carbocycles. The molecule has 0 radical (unpaired) electrons. The first-order valence-corrected chi connectivity index (χ1v) is 7.14. The molecule has 88 valence electrons. The Balaban J connectivity index is 2.05. The lowest BCUT2D eigenvalue weighted by Crippen LogP contribution is -2.25. The van der Waals surface area contributed by atoms with E-state index in [0.717, 1.165) is 17.6 Å².